The highest BCUT2D eigenvalue weighted by atomic mass is 35.5. The average Bonchev–Trinajstić information content (AvgIpc) is 2.26. The first-order valence-electron chi connectivity index (χ1n) is 4.90. The van der Waals surface area contributed by atoms with Crippen LogP contribution in [-0.2, 0) is 6.54 Å². The van der Waals surface area contributed by atoms with Gasteiger partial charge in [0.05, 0.1) is 5.84 Å². The van der Waals surface area contributed by atoms with Crippen LogP contribution in [0.5, 0.6) is 0 Å². The molecule has 17 heavy (non-hydrogen) atoms. The van der Waals surface area contributed by atoms with Crippen LogP contribution in [0.4, 0.5) is 0 Å². The highest BCUT2D eigenvalue weighted by molar-refractivity contribution is 6.55. The third-order valence-corrected chi connectivity index (χ3v) is 2.63. The maximum absolute atomic E-state index is 7.65. The minimum atomic E-state index is 0.200. The van der Waals surface area contributed by atoms with Gasteiger partial charge in [0.25, 0.3) is 0 Å². The molecule has 1 aromatic rings. The molecule has 0 aliphatic rings. The van der Waals surface area contributed by atoms with E-state index in [1.165, 1.54) is 0 Å². The van der Waals surface area contributed by atoms with E-state index in [9.17, 15) is 0 Å². The van der Waals surface area contributed by atoms with Crippen molar-refractivity contribution in [3.8, 4) is 0 Å². The molecule has 0 bridgehead atoms. The minimum Gasteiger partial charge on any atom is -0.353 e. The van der Waals surface area contributed by atoms with Gasteiger partial charge in [-0.1, -0.05) is 40.9 Å². The highest BCUT2D eigenvalue weighted by Crippen LogP contribution is 2.10. The summed E-state index contributed by atoms with van der Waals surface area (Å²) < 4.78 is 0.200. The Morgan fingerprint density at radius 1 is 1.47 bits per heavy atom. The van der Waals surface area contributed by atoms with Crippen molar-refractivity contribution in [2.24, 2.45) is 0 Å². The van der Waals surface area contributed by atoms with Crippen molar-refractivity contribution in [2.45, 2.75) is 13.5 Å². The summed E-state index contributed by atoms with van der Waals surface area (Å²) in [6.45, 7) is 2.76. The molecule has 6 heteroatoms. The molecule has 0 atom stereocenters. The van der Waals surface area contributed by atoms with E-state index in [1.54, 1.807) is 25.3 Å². The Morgan fingerprint density at radius 2 is 2.18 bits per heavy atom. The van der Waals surface area contributed by atoms with Crippen LogP contribution in [0, 0.1) is 5.41 Å². The second-order valence-electron chi connectivity index (χ2n) is 3.45. The van der Waals surface area contributed by atoms with Gasteiger partial charge in [-0.05, 0) is 24.6 Å². The molecule has 92 valence electrons. The lowest BCUT2D eigenvalue weighted by atomic mass is 10.2. The summed E-state index contributed by atoms with van der Waals surface area (Å²) in [6, 6.07) is 3.59. The normalized spacial score (nSPS) is 9.88. The molecule has 0 radical (unpaired) electrons. The van der Waals surface area contributed by atoms with Crippen LogP contribution in [0.15, 0.2) is 28.9 Å². The van der Waals surface area contributed by atoms with Gasteiger partial charge in [0.2, 0.25) is 0 Å². The number of nitrogens with one attached hydrogen (secondary N) is 1. The number of pyridine rings is 1. The molecule has 0 aliphatic heterocycles. The van der Waals surface area contributed by atoms with Gasteiger partial charge in [0.15, 0.2) is 0 Å². The molecule has 0 fully saturated rings. The van der Waals surface area contributed by atoms with E-state index in [0.717, 1.165) is 5.56 Å². The molecule has 1 rings (SSSR count). The van der Waals surface area contributed by atoms with Gasteiger partial charge < -0.3 is 4.90 Å². The van der Waals surface area contributed by atoms with Crippen LogP contribution in [-0.4, -0.2) is 22.3 Å². The number of aromatic nitrogens is 1. The summed E-state index contributed by atoms with van der Waals surface area (Å²) in [7, 11) is 0. The molecule has 1 heterocycles. The first-order chi connectivity index (χ1) is 7.99. The minimum absolute atomic E-state index is 0.200. The van der Waals surface area contributed by atoms with Crippen LogP contribution in [0.3, 0.4) is 0 Å². The van der Waals surface area contributed by atoms with E-state index in [4.69, 9.17) is 40.2 Å². The predicted octanol–water partition coefficient (Wildman–Crippen LogP) is 3.85. The summed E-state index contributed by atoms with van der Waals surface area (Å²) in [4.78, 5) is 5.80. The van der Waals surface area contributed by atoms with Crippen molar-refractivity contribution in [3.63, 3.8) is 0 Å². The molecule has 0 aliphatic carbocycles. The van der Waals surface area contributed by atoms with Gasteiger partial charge in [0, 0.05) is 19.3 Å². The van der Waals surface area contributed by atoms with E-state index in [0.29, 0.717) is 24.1 Å². The molecular weight excluding hydrogens is 281 g/mol. The molecule has 0 aromatic carbocycles. The van der Waals surface area contributed by atoms with Crippen LogP contribution in [0.25, 0.3) is 0 Å². The van der Waals surface area contributed by atoms with Crippen LogP contribution in [0.1, 0.15) is 12.5 Å². The van der Waals surface area contributed by atoms with Crippen molar-refractivity contribution >= 4 is 40.6 Å². The number of hydrogen-bond acceptors (Lipinski definition) is 2. The van der Waals surface area contributed by atoms with E-state index < -0.39 is 0 Å². The van der Waals surface area contributed by atoms with E-state index in [-0.39, 0.29) is 4.49 Å². The van der Waals surface area contributed by atoms with Gasteiger partial charge in [-0.25, -0.2) is 4.98 Å². The standard InChI is InChI=1S/C11H12Cl3N3/c1-8(15)17(5-4-10(12)13)7-9-2-3-11(14)16-6-9/h2-4,6,15H,5,7H2,1H3. The number of nitrogens with zero attached hydrogens (tertiary/aromatic N) is 2. The fourth-order valence-electron chi connectivity index (χ4n) is 1.22. The smallest absolute Gasteiger partial charge is 0.129 e. The Balaban J connectivity index is 2.70. The van der Waals surface area contributed by atoms with Crippen LogP contribution in [0.2, 0.25) is 5.15 Å². The molecule has 0 unspecified atom stereocenters. The molecule has 0 spiro atoms. The molecule has 1 aromatic heterocycles. The van der Waals surface area contributed by atoms with Crippen molar-refractivity contribution in [1.29, 1.82) is 5.41 Å². The quantitative estimate of drug-likeness (QED) is 0.520. The zero-order chi connectivity index (χ0) is 12.8. The fourth-order valence-corrected chi connectivity index (χ4v) is 1.47. The summed E-state index contributed by atoms with van der Waals surface area (Å²) in [5.41, 5.74) is 0.972. The van der Waals surface area contributed by atoms with Gasteiger partial charge in [-0.2, -0.15) is 0 Å². The van der Waals surface area contributed by atoms with Crippen molar-refractivity contribution in [1.82, 2.24) is 9.88 Å². The third kappa shape index (κ3) is 5.39. The zero-order valence-corrected chi connectivity index (χ0v) is 11.5. The monoisotopic (exact) mass is 291 g/mol. The lowest BCUT2D eigenvalue weighted by molar-refractivity contribution is 0.450. The predicted molar refractivity (Wildman–Crippen MR) is 72.8 cm³/mol. The van der Waals surface area contributed by atoms with Gasteiger partial charge in [0.1, 0.15) is 9.64 Å². The maximum Gasteiger partial charge on any atom is 0.129 e. The molecule has 0 saturated carbocycles. The Hall–Kier alpha value is -0.770. The van der Waals surface area contributed by atoms with Crippen molar-refractivity contribution in [2.75, 3.05) is 6.54 Å². The number of hydrogen-bond donors (Lipinski definition) is 1. The molecule has 1 N–H and O–H groups in total. The Kier molecular flexibility index (Phi) is 5.75. The zero-order valence-electron chi connectivity index (χ0n) is 9.25. The molecule has 0 amide bonds. The van der Waals surface area contributed by atoms with Crippen molar-refractivity contribution < 1.29 is 0 Å². The Labute approximate surface area is 116 Å². The molecular formula is C11H12Cl3N3. The van der Waals surface area contributed by atoms with E-state index in [2.05, 4.69) is 4.98 Å². The number of halogens is 3. The highest BCUT2D eigenvalue weighted by Gasteiger charge is 2.05. The largest absolute Gasteiger partial charge is 0.353 e. The van der Waals surface area contributed by atoms with Gasteiger partial charge in [-0.15, -0.1) is 0 Å². The van der Waals surface area contributed by atoms with E-state index >= 15 is 0 Å². The Morgan fingerprint density at radius 3 is 2.65 bits per heavy atom. The van der Waals surface area contributed by atoms with Gasteiger partial charge >= 0.3 is 0 Å². The van der Waals surface area contributed by atoms with Crippen LogP contribution >= 0.6 is 34.8 Å². The summed E-state index contributed by atoms with van der Waals surface area (Å²) in [6.07, 6.45) is 3.33. The molecule has 0 saturated heterocycles. The summed E-state index contributed by atoms with van der Waals surface area (Å²) in [5.74, 6) is 0.436. The first kappa shape index (κ1) is 14.3. The summed E-state index contributed by atoms with van der Waals surface area (Å²) >= 11 is 16.8. The second kappa shape index (κ2) is 6.84. The number of rotatable bonds is 4. The fraction of sp³-hybridized carbons (Fsp3) is 0.273. The Bertz CT molecular complexity index is 410. The van der Waals surface area contributed by atoms with Crippen LogP contribution < -0.4 is 0 Å². The van der Waals surface area contributed by atoms with Crippen molar-refractivity contribution in [3.05, 3.63) is 39.6 Å². The lowest BCUT2D eigenvalue weighted by Crippen LogP contribution is -2.27. The second-order valence-corrected chi connectivity index (χ2v) is 4.84. The van der Waals surface area contributed by atoms with E-state index in [1.807, 2.05) is 11.0 Å². The average molecular weight is 293 g/mol. The third-order valence-electron chi connectivity index (χ3n) is 2.10. The first-order valence-corrected chi connectivity index (χ1v) is 6.04. The lowest BCUT2D eigenvalue weighted by Gasteiger charge is -2.21. The summed E-state index contributed by atoms with van der Waals surface area (Å²) in [5, 5.41) is 8.11. The molecule has 3 nitrogen and oxygen atoms in total. The number of amidine groups is 1. The maximum atomic E-state index is 7.65. The van der Waals surface area contributed by atoms with Gasteiger partial charge in [-0.3, -0.25) is 5.41 Å². The SMILES string of the molecule is CC(=N)N(CC=C(Cl)Cl)Cc1ccc(Cl)nc1. The topological polar surface area (TPSA) is 40.0 Å².